The second kappa shape index (κ2) is 13.0. The Bertz CT molecular complexity index is 782. The van der Waals surface area contributed by atoms with E-state index in [1.54, 1.807) is 11.4 Å². The van der Waals surface area contributed by atoms with E-state index in [0.717, 1.165) is 38.4 Å². The molecule has 2 aliphatic heterocycles. The van der Waals surface area contributed by atoms with E-state index in [4.69, 9.17) is 0 Å². The molecule has 31 heavy (non-hydrogen) atoms. The molecule has 2 saturated heterocycles. The fraction of sp³-hybridized carbons (Fsp3) is 0.682. The molecule has 1 unspecified atom stereocenters. The van der Waals surface area contributed by atoms with Gasteiger partial charge in [-0.3, -0.25) is 9.89 Å². The summed E-state index contributed by atoms with van der Waals surface area (Å²) in [6.45, 7) is 6.08. The summed E-state index contributed by atoms with van der Waals surface area (Å²) in [6, 6.07) is 11.4. The number of nitrogens with zero attached hydrogens (tertiary/aromatic N) is 3. The van der Waals surface area contributed by atoms with Gasteiger partial charge in [0.05, 0.1) is 5.75 Å². The van der Waals surface area contributed by atoms with Gasteiger partial charge in [-0.1, -0.05) is 37.3 Å². The Morgan fingerprint density at radius 2 is 1.84 bits per heavy atom. The van der Waals surface area contributed by atoms with Crippen molar-refractivity contribution in [2.75, 3.05) is 39.0 Å². The summed E-state index contributed by atoms with van der Waals surface area (Å²) < 4.78 is 26.1. The van der Waals surface area contributed by atoms with Gasteiger partial charge >= 0.3 is 0 Å². The lowest BCUT2D eigenvalue weighted by Crippen LogP contribution is -2.51. The van der Waals surface area contributed by atoms with Crippen LogP contribution in [0.2, 0.25) is 0 Å². The van der Waals surface area contributed by atoms with Crippen LogP contribution in [0.4, 0.5) is 0 Å². The zero-order valence-electron chi connectivity index (χ0n) is 18.8. The lowest BCUT2D eigenvalue weighted by atomic mass is 10.1. The highest BCUT2D eigenvalue weighted by atomic mass is 127. The van der Waals surface area contributed by atoms with E-state index in [1.165, 1.54) is 18.4 Å². The first-order valence-electron chi connectivity index (χ1n) is 11.2. The Hall–Kier alpha value is -0.910. The summed E-state index contributed by atoms with van der Waals surface area (Å²) in [4.78, 5) is 6.94. The van der Waals surface area contributed by atoms with E-state index in [9.17, 15) is 8.42 Å². The number of aliphatic imine (C=N–C) groups is 1. The van der Waals surface area contributed by atoms with Gasteiger partial charge in [0.15, 0.2) is 5.96 Å². The summed E-state index contributed by atoms with van der Waals surface area (Å²) >= 11 is 0. The molecule has 2 N–H and O–H groups in total. The Morgan fingerprint density at radius 3 is 2.48 bits per heavy atom. The molecule has 1 aromatic carbocycles. The molecule has 1 atom stereocenters. The van der Waals surface area contributed by atoms with E-state index >= 15 is 0 Å². The van der Waals surface area contributed by atoms with Gasteiger partial charge in [0.25, 0.3) is 0 Å². The maximum Gasteiger partial charge on any atom is 0.214 e. The van der Waals surface area contributed by atoms with Crippen molar-refractivity contribution in [3.63, 3.8) is 0 Å². The Morgan fingerprint density at radius 1 is 1.13 bits per heavy atom. The van der Waals surface area contributed by atoms with E-state index in [1.807, 2.05) is 6.92 Å². The number of guanidine groups is 1. The molecule has 0 spiro atoms. The third-order valence-electron chi connectivity index (χ3n) is 6.11. The SMILES string of the molecule is CCCS(=O)(=O)N1CCC(NC(=NC)NCC2CCCN2Cc2ccccc2)CC1.I. The van der Waals surface area contributed by atoms with Crippen LogP contribution in [0.3, 0.4) is 0 Å². The third kappa shape index (κ3) is 7.87. The van der Waals surface area contributed by atoms with Crippen molar-refractivity contribution >= 4 is 40.0 Å². The number of rotatable bonds is 8. The summed E-state index contributed by atoms with van der Waals surface area (Å²) in [6.07, 6.45) is 4.72. The molecule has 1 aromatic rings. The molecule has 0 saturated carbocycles. The molecule has 0 aliphatic carbocycles. The van der Waals surface area contributed by atoms with Crippen LogP contribution in [0.25, 0.3) is 0 Å². The number of benzene rings is 1. The quantitative estimate of drug-likeness (QED) is 0.289. The smallest absolute Gasteiger partial charge is 0.214 e. The van der Waals surface area contributed by atoms with E-state index < -0.39 is 10.0 Å². The standard InChI is InChI=1S/C22H37N5O2S.HI/c1-3-16-30(28,29)27-14-11-20(12-15-27)25-22(23-2)24-17-21-10-7-13-26(21)18-19-8-5-4-6-9-19;/h4-6,8-9,20-21H,3,7,10-18H2,1-2H3,(H2,23,24,25);1H. The molecule has 176 valence electrons. The average Bonchev–Trinajstić information content (AvgIpc) is 3.19. The molecular formula is C22H38IN5O2S. The zero-order valence-corrected chi connectivity index (χ0v) is 21.9. The normalized spacial score (nSPS) is 21.6. The third-order valence-corrected chi connectivity index (χ3v) is 8.18. The monoisotopic (exact) mass is 563 g/mol. The Kier molecular flexibility index (Phi) is 11.0. The summed E-state index contributed by atoms with van der Waals surface area (Å²) in [5.74, 6) is 1.06. The van der Waals surface area contributed by atoms with Crippen LogP contribution in [0.5, 0.6) is 0 Å². The van der Waals surface area contributed by atoms with Gasteiger partial charge in [-0.2, -0.15) is 0 Å². The Balaban J connectivity index is 0.00000341. The summed E-state index contributed by atoms with van der Waals surface area (Å²) in [5.41, 5.74) is 1.36. The number of hydrogen-bond acceptors (Lipinski definition) is 4. The topological polar surface area (TPSA) is 77.0 Å². The van der Waals surface area contributed by atoms with Crippen LogP contribution in [-0.2, 0) is 16.6 Å². The Labute approximate surface area is 205 Å². The van der Waals surface area contributed by atoms with Crippen LogP contribution < -0.4 is 10.6 Å². The summed E-state index contributed by atoms with van der Waals surface area (Å²) in [5, 5.41) is 7.00. The second-order valence-corrected chi connectivity index (χ2v) is 10.4. The molecule has 0 radical (unpaired) electrons. The number of hydrogen-bond donors (Lipinski definition) is 2. The molecule has 2 heterocycles. The van der Waals surface area contributed by atoms with Gasteiger partial charge in [0.1, 0.15) is 0 Å². The van der Waals surface area contributed by atoms with Crippen LogP contribution >= 0.6 is 24.0 Å². The highest BCUT2D eigenvalue weighted by Crippen LogP contribution is 2.19. The summed E-state index contributed by atoms with van der Waals surface area (Å²) in [7, 11) is -1.29. The van der Waals surface area contributed by atoms with Crippen molar-refractivity contribution in [3.05, 3.63) is 35.9 Å². The van der Waals surface area contributed by atoms with Crippen LogP contribution in [-0.4, -0.2) is 74.6 Å². The maximum absolute atomic E-state index is 12.2. The van der Waals surface area contributed by atoms with Gasteiger partial charge in [-0.25, -0.2) is 12.7 Å². The predicted molar refractivity (Wildman–Crippen MR) is 138 cm³/mol. The van der Waals surface area contributed by atoms with Gasteiger partial charge < -0.3 is 10.6 Å². The first kappa shape index (κ1) is 26.3. The van der Waals surface area contributed by atoms with Gasteiger partial charge in [-0.05, 0) is 44.2 Å². The first-order chi connectivity index (χ1) is 14.5. The fourth-order valence-electron chi connectivity index (χ4n) is 4.42. The predicted octanol–water partition coefficient (Wildman–Crippen LogP) is 2.64. The molecular weight excluding hydrogens is 525 g/mol. The van der Waals surface area contributed by atoms with Crippen molar-refractivity contribution in [1.82, 2.24) is 19.8 Å². The van der Waals surface area contributed by atoms with Crippen molar-refractivity contribution in [2.45, 2.75) is 57.7 Å². The van der Waals surface area contributed by atoms with E-state index in [0.29, 0.717) is 25.6 Å². The van der Waals surface area contributed by atoms with Gasteiger partial charge in [0, 0.05) is 45.3 Å². The van der Waals surface area contributed by atoms with Crippen molar-refractivity contribution < 1.29 is 8.42 Å². The highest BCUT2D eigenvalue weighted by molar-refractivity contribution is 14.0. The van der Waals surface area contributed by atoms with Gasteiger partial charge in [0.2, 0.25) is 10.0 Å². The number of likely N-dealkylation sites (tertiary alicyclic amines) is 1. The maximum atomic E-state index is 12.2. The van der Waals surface area contributed by atoms with Crippen LogP contribution in [0, 0.1) is 0 Å². The first-order valence-corrected chi connectivity index (χ1v) is 12.9. The van der Waals surface area contributed by atoms with Crippen molar-refractivity contribution in [2.24, 2.45) is 4.99 Å². The van der Waals surface area contributed by atoms with E-state index in [2.05, 4.69) is 50.9 Å². The van der Waals surface area contributed by atoms with Crippen LogP contribution in [0.1, 0.15) is 44.6 Å². The lowest BCUT2D eigenvalue weighted by molar-refractivity contribution is 0.244. The molecule has 0 amide bonds. The molecule has 9 heteroatoms. The minimum absolute atomic E-state index is 0. The fourth-order valence-corrected chi connectivity index (χ4v) is 5.96. The molecule has 7 nitrogen and oxygen atoms in total. The average molecular weight is 564 g/mol. The number of piperidine rings is 1. The number of halogens is 1. The molecule has 3 rings (SSSR count). The highest BCUT2D eigenvalue weighted by Gasteiger charge is 2.28. The molecule has 2 fully saturated rings. The molecule has 0 bridgehead atoms. The number of nitrogens with one attached hydrogen (secondary N) is 2. The van der Waals surface area contributed by atoms with Crippen molar-refractivity contribution in [1.29, 1.82) is 0 Å². The zero-order chi connectivity index (χ0) is 21.4. The minimum Gasteiger partial charge on any atom is -0.355 e. The largest absolute Gasteiger partial charge is 0.355 e. The van der Waals surface area contributed by atoms with E-state index in [-0.39, 0.29) is 35.8 Å². The minimum atomic E-state index is -3.09. The number of sulfonamides is 1. The molecule has 0 aromatic heterocycles. The van der Waals surface area contributed by atoms with Crippen molar-refractivity contribution in [3.8, 4) is 0 Å². The van der Waals surface area contributed by atoms with Crippen LogP contribution in [0.15, 0.2) is 35.3 Å². The van der Waals surface area contributed by atoms with Gasteiger partial charge in [-0.15, -0.1) is 24.0 Å². The second-order valence-electron chi connectivity index (χ2n) is 8.34. The molecule has 2 aliphatic rings. The lowest BCUT2D eigenvalue weighted by Gasteiger charge is -2.32.